The van der Waals surface area contributed by atoms with Crippen molar-refractivity contribution in [3.63, 3.8) is 0 Å². The number of urea groups is 1. The number of anilines is 1. The van der Waals surface area contributed by atoms with Gasteiger partial charge in [0.1, 0.15) is 30.1 Å². The van der Waals surface area contributed by atoms with Gasteiger partial charge in [0.15, 0.2) is 0 Å². The van der Waals surface area contributed by atoms with Crippen molar-refractivity contribution in [1.82, 2.24) is 31.6 Å². The second-order valence-corrected chi connectivity index (χ2v) is 8.48. The number of hydrogen-bond acceptors (Lipinski definition) is 11. The van der Waals surface area contributed by atoms with Crippen molar-refractivity contribution in [3.8, 4) is 0 Å². The molecule has 3 unspecified atom stereocenters. The van der Waals surface area contributed by atoms with E-state index in [0.29, 0.717) is 0 Å². The fraction of sp³-hybridized carbons (Fsp3) is 0.429. The molecule has 2 heterocycles. The van der Waals surface area contributed by atoms with Crippen LogP contribution in [-0.4, -0.2) is 92.5 Å². The fourth-order valence-corrected chi connectivity index (χ4v) is 3.37. The van der Waals surface area contributed by atoms with Gasteiger partial charge in [-0.1, -0.05) is 0 Å². The number of pyridine rings is 1. The molecule has 1 aromatic heterocycles. The molecule has 5 atom stereocenters. The molecular formula is C21H29N9O10. The maximum Gasteiger partial charge on any atom is 0.326 e. The van der Waals surface area contributed by atoms with Crippen LogP contribution in [-0.2, 0) is 24.0 Å². The Morgan fingerprint density at radius 2 is 1.57 bits per heavy atom. The predicted octanol–water partition coefficient (Wildman–Crippen LogP) is -3.78. The minimum Gasteiger partial charge on any atom is -0.481 e. The molecule has 1 aliphatic rings. The van der Waals surface area contributed by atoms with Gasteiger partial charge in [-0.25, -0.2) is 19.4 Å². The molecule has 5 amide bonds. The summed E-state index contributed by atoms with van der Waals surface area (Å²) >= 11 is 0. The number of nitrogens with one attached hydrogen (secondary N) is 6. The number of amides is 5. The molecule has 0 radical (unpaired) electrons. The highest BCUT2D eigenvalue weighted by Crippen LogP contribution is 2.08. The van der Waals surface area contributed by atoms with E-state index in [4.69, 9.17) is 21.7 Å². The lowest BCUT2D eigenvalue weighted by molar-refractivity contribution is -0.143. The van der Waals surface area contributed by atoms with Crippen molar-refractivity contribution in [1.29, 1.82) is 0 Å². The van der Waals surface area contributed by atoms with E-state index in [0.717, 1.165) is 6.20 Å². The zero-order valence-corrected chi connectivity index (χ0v) is 20.7. The monoisotopic (exact) mass is 567 g/mol. The summed E-state index contributed by atoms with van der Waals surface area (Å²) in [5, 5.41) is 41.2. The van der Waals surface area contributed by atoms with E-state index in [2.05, 4.69) is 36.9 Å². The third-order valence-corrected chi connectivity index (χ3v) is 5.40. The minimum absolute atomic E-state index is 0.117. The maximum absolute atomic E-state index is 12.5. The average Bonchev–Trinajstić information content (AvgIpc) is 2.86. The highest BCUT2D eigenvalue weighted by atomic mass is 16.4. The first-order valence-electron chi connectivity index (χ1n) is 11.7. The Morgan fingerprint density at radius 3 is 2.12 bits per heavy atom. The van der Waals surface area contributed by atoms with Crippen LogP contribution < -0.4 is 43.4 Å². The molecule has 0 aromatic carbocycles. The van der Waals surface area contributed by atoms with Crippen LogP contribution in [0.1, 0.15) is 36.2 Å². The SMILES string of the molecule is NC1NC(=O)C(NC(=O)Nc2ccc(C(=O)N[C@@H](CCC(=O)N[C@H](CCC(=O)O)C(=O)O)C(=O)O)nc2)C(N)N1. The molecule has 1 saturated heterocycles. The van der Waals surface area contributed by atoms with E-state index < -0.39 is 91.5 Å². The highest BCUT2D eigenvalue weighted by molar-refractivity contribution is 5.97. The van der Waals surface area contributed by atoms with Crippen LogP contribution >= 0.6 is 0 Å². The number of rotatable bonds is 13. The van der Waals surface area contributed by atoms with E-state index in [1.54, 1.807) is 0 Å². The molecule has 1 aromatic rings. The third kappa shape index (κ3) is 9.78. The molecule has 1 aliphatic heterocycles. The zero-order chi connectivity index (χ0) is 30.0. The van der Waals surface area contributed by atoms with Crippen molar-refractivity contribution >= 4 is 47.3 Å². The van der Waals surface area contributed by atoms with E-state index in [-0.39, 0.29) is 17.8 Å². The Hall–Kier alpha value is -4.88. The number of carboxylic acids is 3. The number of hydrogen-bond donors (Lipinski definition) is 11. The Balaban J connectivity index is 1.89. The van der Waals surface area contributed by atoms with Crippen LogP contribution in [0.15, 0.2) is 18.3 Å². The molecular weight excluding hydrogens is 538 g/mol. The van der Waals surface area contributed by atoms with E-state index in [1.165, 1.54) is 12.1 Å². The normalized spacial score (nSPS) is 19.8. The van der Waals surface area contributed by atoms with E-state index in [9.17, 15) is 38.7 Å². The van der Waals surface area contributed by atoms with Crippen LogP contribution in [0.4, 0.5) is 10.5 Å². The summed E-state index contributed by atoms with van der Waals surface area (Å²) in [6.07, 6.45) is -2.50. The third-order valence-electron chi connectivity index (χ3n) is 5.40. The number of aliphatic carboxylic acids is 3. The van der Waals surface area contributed by atoms with Crippen molar-refractivity contribution in [2.75, 3.05) is 5.32 Å². The first-order valence-corrected chi connectivity index (χ1v) is 11.7. The number of aromatic nitrogens is 1. The van der Waals surface area contributed by atoms with Gasteiger partial charge in [-0.2, -0.15) is 0 Å². The number of carbonyl (C=O) groups excluding carboxylic acids is 4. The molecule has 0 bridgehead atoms. The second kappa shape index (κ2) is 14.3. The topological polar surface area (TPSA) is 317 Å². The van der Waals surface area contributed by atoms with Crippen LogP contribution in [0, 0.1) is 0 Å². The first-order chi connectivity index (χ1) is 18.8. The fourth-order valence-electron chi connectivity index (χ4n) is 3.37. The van der Waals surface area contributed by atoms with Gasteiger partial charge >= 0.3 is 23.9 Å². The summed E-state index contributed by atoms with van der Waals surface area (Å²) in [6, 6.07) is -2.51. The van der Waals surface area contributed by atoms with Gasteiger partial charge in [0.05, 0.1) is 18.1 Å². The van der Waals surface area contributed by atoms with Crippen LogP contribution in [0.25, 0.3) is 0 Å². The molecule has 13 N–H and O–H groups in total. The molecule has 19 nitrogen and oxygen atoms in total. The average molecular weight is 568 g/mol. The Morgan fingerprint density at radius 1 is 0.950 bits per heavy atom. The molecule has 218 valence electrons. The zero-order valence-electron chi connectivity index (χ0n) is 20.7. The van der Waals surface area contributed by atoms with Gasteiger partial charge in [0.25, 0.3) is 5.91 Å². The van der Waals surface area contributed by atoms with Crippen molar-refractivity contribution in [2.45, 2.75) is 56.3 Å². The molecule has 0 spiro atoms. The quantitative estimate of drug-likeness (QED) is 0.109. The summed E-state index contributed by atoms with van der Waals surface area (Å²) in [5.74, 6) is -6.56. The molecule has 1 fully saturated rings. The Kier molecular flexibility index (Phi) is 11.2. The van der Waals surface area contributed by atoms with Crippen molar-refractivity contribution in [3.05, 3.63) is 24.0 Å². The summed E-state index contributed by atoms with van der Waals surface area (Å²) in [6.45, 7) is 0. The molecule has 40 heavy (non-hydrogen) atoms. The summed E-state index contributed by atoms with van der Waals surface area (Å²) in [5.41, 5.74) is 11.2. The highest BCUT2D eigenvalue weighted by Gasteiger charge is 2.33. The summed E-state index contributed by atoms with van der Waals surface area (Å²) in [4.78, 5) is 85.9. The largest absolute Gasteiger partial charge is 0.481 e. The van der Waals surface area contributed by atoms with E-state index >= 15 is 0 Å². The van der Waals surface area contributed by atoms with Gasteiger partial charge in [0.2, 0.25) is 11.8 Å². The molecule has 0 aliphatic carbocycles. The van der Waals surface area contributed by atoms with Gasteiger partial charge < -0.3 is 47.6 Å². The molecule has 2 rings (SSSR count). The molecule has 19 heteroatoms. The Labute approximate surface area is 225 Å². The summed E-state index contributed by atoms with van der Waals surface area (Å²) in [7, 11) is 0. The number of carboxylic acid groups (broad SMARTS) is 3. The standard InChI is InChI=1S/C21H29N9O10/c22-15-14(17(35)30-20(23)29-15)28-21(40)25-8-1-2-9(24-7-8)16(34)27-11(19(38)39)3-5-12(31)26-10(18(36)37)4-6-13(32)33/h1-2,7,10-11,14-15,20,29H,3-6,22-23H2,(H,26,31)(H,27,34)(H,30,35)(H,32,33)(H,36,37)(H,38,39)(H2,25,28,40)/t10-,11+,14?,15?,20?/m1/s1. The van der Waals surface area contributed by atoms with Gasteiger partial charge in [-0.05, 0) is 25.0 Å². The minimum atomic E-state index is -1.54. The smallest absolute Gasteiger partial charge is 0.326 e. The first kappa shape index (κ1) is 31.3. The van der Waals surface area contributed by atoms with Crippen LogP contribution in [0.3, 0.4) is 0 Å². The Bertz CT molecular complexity index is 1150. The lowest BCUT2D eigenvalue weighted by Gasteiger charge is -2.33. The van der Waals surface area contributed by atoms with Crippen LogP contribution in [0.2, 0.25) is 0 Å². The number of nitrogens with zero attached hydrogens (tertiary/aromatic N) is 1. The van der Waals surface area contributed by atoms with Crippen molar-refractivity contribution in [2.24, 2.45) is 11.5 Å². The molecule has 0 saturated carbocycles. The van der Waals surface area contributed by atoms with Crippen molar-refractivity contribution < 1.29 is 48.9 Å². The lowest BCUT2D eigenvalue weighted by Crippen LogP contribution is -2.73. The van der Waals surface area contributed by atoms with Gasteiger partial charge in [-0.3, -0.25) is 30.2 Å². The number of nitrogens with two attached hydrogens (primary N) is 2. The maximum atomic E-state index is 12.5. The lowest BCUT2D eigenvalue weighted by atomic mass is 10.1. The predicted molar refractivity (Wildman–Crippen MR) is 132 cm³/mol. The van der Waals surface area contributed by atoms with Gasteiger partial charge in [-0.15, -0.1) is 0 Å². The van der Waals surface area contributed by atoms with Gasteiger partial charge in [0, 0.05) is 12.8 Å². The second-order valence-electron chi connectivity index (χ2n) is 8.48. The summed E-state index contributed by atoms with van der Waals surface area (Å²) < 4.78 is 0. The van der Waals surface area contributed by atoms with Crippen LogP contribution in [0.5, 0.6) is 0 Å². The van der Waals surface area contributed by atoms with E-state index in [1.807, 2.05) is 0 Å². The number of carbonyl (C=O) groups is 7.